The number of carboxylic acids is 1. The maximum absolute atomic E-state index is 11.8. The average Bonchev–Trinajstić information content (AvgIpc) is 2.38. The number of nitrogens with one attached hydrogen (secondary N) is 2. The standard InChI is InChI=1S/C12H24N4O3/c1-2-13-4-3-5-14-12(19)16-8-6-15(7-9-16)10-11(17)18/h13H,2-10H2,1H3,(H,14,19)(H,17,18). The maximum atomic E-state index is 11.8. The third-order valence-corrected chi connectivity index (χ3v) is 3.07. The van der Waals surface area contributed by atoms with Crippen molar-refractivity contribution in [1.29, 1.82) is 0 Å². The highest BCUT2D eigenvalue weighted by molar-refractivity contribution is 5.74. The lowest BCUT2D eigenvalue weighted by atomic mass is 10.3. The van der Waals surface area contributed by atoms with Gasteiger partial charge in [-0.05, 0) is 19.5 Å². The van der Waals surface area contributed by atoms with E-state index in [2.05, 4.69) is 17.6 Å². The molecule has 0 aromatic rings. The Labute approximate surface area is 113 Å². The quantitative estimate of drug-likeness (QED) is 0.539. The lowest BCUT2D eigenvalue weighted by Crippen LogP contribution is -2.52. The molecule has 1 heterocycles. The molecule has 2 amide bonds. The molecule has 7 heteroatoms. The smallest absolute Gasteiger partial charge is 0.317 e. The van der Waals surface area contributed by atoms with Crippen LogP contribution in [0.2, 0.25) is 0 Å². The Balaban J connectivity index is 2.12. The number of carboxylic acid groups (broad SMARTS) is 1. The fraction of sp³-hybridized carbons (Fsp3) is 0.833. The Morgan fingerprint density at radius 3 is 2.42 bits per heavy atom. The van der Waals surface area contributed by atoms with Crippen molar-refractivity contribution < 1.29 is 14.7 Å². The molecule has 1 rings (SSSR count). The van der Waals surface area contributed by atoms with Crippen molar-refractivity contribution in [3.8, 4) is 0 Å². The van der Waals surface area contributed by atoms with Crippen molar-refractivity contribution in [1.82, 2.24) is 20.4 Å². The Bertz CT molecular complexity index is 291. The highest BCUT2D eigenvalue weighted by Crippen LogP contribution is 2.01. The van der Waals surface area contributed by atoms with E-state index in [1.165, 1.54) is 0 Å². The Morgan fingerprint density at radius 1 is 1.16 bits per heavy atom. The molecule has 0 bridgehead atoms. The number of amides is 2. The van der Waals surface area contributed by atoms with Gasteiger partial charge in [0.05, 0.1) is 6.54 Å². The summed E-state index contributed by atoms with van der Waals surface area (Å²) in [5.41, 5.74) is 0. The van der Waals surface area contributed by atoms with Crippen molar-refractivity contribution in [3.63, 3.8) is 0 Å². The van der Waals surface area contributed by atoms with E-state index in [-0.39, 0.29) is 12.6 Å². The molecule has 1 aliphatic rings. The summed E-state index contributed by atoms with van der Waals surface area (Å²) < 4.78 is 0. The molecule has 0 aromatic carbocycles. The summed E-state index contributed by atoms with van der Waals surface area (Å²) in [7, 11) is 0. The van der Waals surface area contributed by atoms with Gasteiger partial charge in [0, 0.05) is 32.7 Å². The molecule has 0 saturated carbocycles. The van der Waals surface area contributed by atoms with E-state index in [4.69, 9.17) is 5.11 Å². The molecule has 7 nitrogen and oxygen atoms in total. The van der Waals surface area contributed by atoms with Gasteiger partial charge in [-0.2, -0.15) is 0 Å². The number of carbonyl (C=O) groups excluding carboxylic acids is 1. The first-order valence-electron chi connectivity index (χ1n) is 6.81. The molecule has 0 radical (unpaired) electrons. The van der Waals surface area contributed by atoms with Gasteiger partial charge in [-0.15, -0.1) is 0 Å². The summed E-state index contributed by atoms with van der Waals surface area (Å²) in [5.74, 6) is -0.818. The molecule has 110 valence electrons. The summed E-state index contributed by atoms with van der Waals surface area (Å²) >= 11 is 0. The zero-order valence-corrected chi connectivity index (χ0v) is 11.5. The number of rotatable bonds is 7. The molecule has 0 spiro atoms. The fourth-order valence-corrected chi connectivity index (χ4v) is 2.00. The maximum Gasteiger partial charge on any atom is 0.317 e. The van der Waals surface area contributed by atoms with E-state index >= 15 is 0 Å². The van der Waals surface area contributed by atoms with Crippen LogP contribution in [0, 0.1) is 0 Å². The molecule has 0 aromatic heterocycles. The number of hydrogen-bond donors (Lipinski definition) is 3. The molecule has 19 heavy (non-hydrogen) atoms. The van der Waals surface area contributed by atoms with Crippen LogP contribution >= 0.6 is 0 Å². The molecule has 1 fully saturated rings. The average molecular weight is 272 g/mol. The minimum Gasteiger partial charge on any atom is -0.480 e. The molecular formula is C12H24N4O3. The fourth-order valence-electron chi connectivity index (χ4n) is 2.00. The summed E-state index contributed by atoms with van der Waals surface area (Å²) in [6, 6.07) is -0.0496. The largest absolute Gasteiger partial charge is 0.480 e. The van der Waals surface area contributed by atoms with E-state index in [1.54, 1.807) is 4.90 Å². The Kier molecular flexibility index (Phi) is 7.20. The molecule has 3 N–H and O–H groups in total. The lowest BCUT2D eigenvalue weighted by Gasteiger charge is -2.33. The van der Waals surface area contributed by atoms with Crippen LogP contribution in [0.3, 0.4) is 0 Å². The van der Waals surface area contributed by atoms with Gasteiger partial charge in [-0.25, -0.2) is 4.79 Å². The van der Waals surface area contributed by atoms with Crippen molar-refractivity contribution in [3.05, 3.63) is 0 Å². The second-order valence-corrected chi connectivity index (χ2v) is 4.60. The van der Waals surface area contributed by atoms with E-state index in [0.29, 0.717) is 32.7 Å². The monoisotopic (exact) mass is 272 g/mol. The van der Waals surface area contributed by atoms with Crippen LogP contribution in [-0.4, -0.2) is 79.3 Å². The summed E-state index contributed by atoms with van der Waals surface area (Å²) in [6.45, 7) is 7.05. The van der Waals surface area contributed by atoms with Gasteiger partial charge in [-0.3, -0.25) is 9.69 Å². The van der Waals surface area contributed by atoms with Crippen LogP contribution < -0.4 is 10.6 Å². The van der Waals surface area contributed by atoms with Crippen LogP contribution in [0.1, 0.15) is 13.3 Å². The van der Waals surface area contributed by atoms with Crippen molar-refractivity contribution in [2.24, 2.45) is 0 Å². The van der Waals surface area contributed by atoms with Crippen LogP contribution in [0.5, 0.6) is 0 Å². The number of nitrogens with zero attached hydrogens (tertiary/aromatic N) is 2. The van der Waals surface area contributed by atoms with E-state index < -0.39 is 5.97 Å². The molecule has 1 aliphatic heterocycles. The van der Waals surface area contributed by atoms with Crippen LogP contribution in [0.15, 0.2) is 0 Å². The third-order valence-electron chi connectivity index (χ3n) is 3.07. The van der Waals surface area contributed by atoms with Gasteiger partial charge in [0.25, 0.3) is 0 Å². The Hall–Kier alpha value is -1.34. The number of hydrogen-bond acceptors (Lipinski definition) is 4. The first-order valence-corrected chi connectivity index (χ1v) is 6.81. The highest BCUT2D eigenvalue weighted by atomic mass is 16.4. The number of aliphatic carboxylic acids is 1. The van der Waals surface area contributed by atoms with Crippen molar-refractivity contribution in [2.75, 3.05) is 52.4 Å². The molecule has 0 unspecified atom stereocenters. The van der Waals surface area contributed by atoms with Gasteiger partial charge in [-0.1, -0.05) is 6.92 Å². The SMILES string of the molecule is CCNCCCNC(=O)N1CCN(CC(=O)O)CC1. The number of urea groups is 1. The Morgan fingerprint density at radius 2 is 1.84 bits per heavy atom. The predicted molar refractivity (Wildman–Crippen MR) is 72.2 cm³/mol. The molecule has 0 atom stereocenters. The predicted octanol–water partition coefficient (Wildman–Crippen LogP) is -0.602. The van der Waals surface area contributed by atoms with Crippen molar-refractivity contribution in [2.45, 2.75) is 13.3 Å². The van der Waals surface area contributed by atoms with Gasteiger partial charge in [0.1, 0.15) is 0 Å². The minimum absolute atomic E-state index is 0.0496. The molecular weight excluding hydrogens is 248 g/mol. The van der Waals surface area contributed by atoms with E-state index in [1.807, 2.05) is 4.90 Å². The van der Waals surface area contributed by atoms with Gasteiger partial charge in [0.2, 0.25) is 0 Å². The molecule has 1 saturated heterocycles. The summed E-state index contributed by atoms with van der Waals surface area (Å²) in [5, 5.41) is 14.8. The van der Waals surface area contributed by atoms with Crippen LogP contribution in [-0.2, 0) is 4.79 Å². The summed E-state index contributed by atoms with van der Waals surface area (Å²) in [6.07, 6.45) is 0.915. The van der Waals surface area contributed by atoms with Gasteiger partial charge < -0.3 is 20.6 Å². The number of piperazine rings is 1. The third kappa shape index (κ3) is 6.40. The van der Waals surface area contributed by atoms with E-state index in [9.17, 15) is 9.59 Å². The normalized spacial score (nSPS) is 16.4. The first-order chi connectivity index (χ1) is 9.13. The highest BCUT2D eigenvalue weighted by Gasteiger charge is 2.21. The van der Waals surface area contributed by atoms with Crippen molar-refractivity contribution >= 4 is 12.0 Å². The minimum atomic E-state index is -0.818. The zero-order chi connectivity index (χ0) is 14.1. The topological polar surface area (TPSA) is 84.9 Å². The second kappa shape index (κ2) is 8.71. The summed E-state index contributed by atoms with van der Waals surface area (Å²) in [4.78, 5) is 26.0. The first kappa shape index (κ1) is 15.7. The van der Waals surface area contributed by atoms with E-state index in [0.717, 1.165) is 19.5 Å². The van der Waals surface area contributed by atoms with Crippen LogP contribution in [0.25, 0.3) is 0 Å². The zero-order valence-electron chi connectivity index (χ0n) is 11.5. The molecule has 0 aliphatic carbocycles. The van der Waals surface area contributed by atoms with Gasteiger partial charge >= 0.3 is 12.0 Å². The van der Waals surface area contributed by atoms with Crippen LogP contribution in [0.4, 0.5) is 4.79 Å². The number of carbonyl (C=O) groups is 2. The lowest BCUT2D eigenvalue weighted by molar-refractivity contribution is -0.138. The van der Waals surface area contributed by atoms with Gasteiger partial charge in [0.15, 0.2) is 0 Å². The second-order valence-electron chi connectivity index (χ2n) is 4.60.